The zero-order valence-electron chi connectivity index (χ0n) is 16.9. The summed E-state index contributed by atoms with van der Waals surface area (Å²) in [7, 11) is 1.68. The highest BCUT2D eigenvalue weighted by molar-refractivity contribution is 5.91. The van der Waals surface area contributed by atoms with E-state index in [-0.39, 0.29) is 23.6 Å². The highest BCUT2D eigenvalue weighted by atomic mass is 16.5. The summed E-state index contributed by atoms with van der Waals surface area (Å²) in [6.45, 7) is 3.02. The minimum absolute atomic E-state index is 0.0173. The molecule has 3 rings (SSSR count). The normalized spacial score (nSPS) is 15.1. The van der Waals surface area contributed by atoms with Crippen LogP contribution in [0.25, 0.3) is 0 Å². The van der Waals surface area contributed by atoms with Crippen LogP contribution >= 0.6 is 0 Å². The first-order chi connectivity index (χ1) is 14.2. The fourth-order valence-electron chi connectivity index (χ4n) is 3.68. The van der Waals surface area contributed by atoms with E-state index in [0.29, 0.717) is 25.9 Å². The minimum Gasteiger partial charge on any atom is -0.496 e. The molecule has 2 aromatic rings. The molecule has 0 bridgehead atoms. The molecule has 2 N–H and O–H groups in total. The molecule has 0 saturated carbocycles. The van der Waals surface area contributed by atoms with E-state index in [1.54, 1.807) is 19.2 Å². The average molecular weight is 399 g/mol. The second kappa shape index (κ2) is 10.7. The van der Waals surface area contributed by atoms with Crippen molar-refractivity contribution in [3.05, 3.63) is 54.0 Å². The third-order valence-corrected chi connectivity index (χ3v) is 5.18. The smallest absolute Gasteiger partial charge is 0.286 e. The lowest BCUT2D eigenvalue weighted by Crippen LogP contribution is -2.37. The van der Waals surface area contributed by atoms with Crippen LogP contribution < -0.4 is 15.4 Å². The molecule has 1 aliphatic rings. The summed E-state index contributed by atoms with van der Waals surface area (Å²) >= 11 is 0. The Kier molecular flexibility index (Phi) is 7.69. The number of para-hydroxylation sites is 1. The number of ether oxygens (including phenoxy) is 1. The third kappa shape index (κ3) is 5.84. The standard InChI is InChI=1S/C22H29N3O4/c1-28-19-9-3-2-8-17(19)18(25-13-4-5-14-25)16-24-21(26)11-6-12-23-22(27)20-10-7-15-29-20/h2-3,7-10,15,18H,4-6,11-14,16H2,1H3,(H,23,27)(H,24,26). The molecular formula is C22H29N3O4. The Morgan fingerprint density at radius 1 is 1.14 bits per heavy atom. The monoisotopic (exact) mass is 399 g/mol. The van der Waals surface area contributed by atoms with Gasteiger partial charge in [-0.25, -0.2) is 0 Å². The number of methoxy groups -OCH3 is 1. The summed E-state index contributed by atoms with van der Waals surface area (Å²) in [4.78, 5) is 26.5. The Hall–Kier alpha value is -2.80. The molecule has 29 heavy (non-hydrogen) atoms. The largest absolute Gasteiger partial charge is 0.496 e. The number of carbonyl (C=O) groups excluding carboxylic acids is 2. The predicted octanol–water partition coefficient (Wildman–Crippen LogP) is 2.75. The van der Waals surface area contributed by atoms with Gasteiger partial charge in [0.05, 0.1) is 19.4 Å². The van der Waals surface area contributed by atoms with Crippen molar-refractivity contribution < 1.29 is 18.7 Å². The topological polar surface area (TPSA) is 83.8 Å². The van der Waals surface area contributed by atoms with Gasteiger partial charge in [-0.2, -0.15) is 0 Å². The van der Waals surface area contributed by atoms with Gasteiger partial charge in [-0.05, 0) is 50.6 Å². The highest BCUT2D eigenvalue weighted by Crippen LogP contribution is 2.31. The summed E-state index contributed by atoms with van der Waals surface area (Å²) in [5, 5.41) is 5.81. The number of hydrogen-bond acceptors (Lipinski definition) is 5. The van der Waals surface area contributed by atoms with E-state index in [2.05, 4.69) is 21.6 Å². The van der Waals surface area contributed by atoms with Crippen molar-refractivity contribution >= 4 is 11.8 Å². The van der Waals surface area contributed by atoms with Crippen LogP contribution in [-0.4, -0.2) is 50.0 Å². The first kappa shape index (κ1) is 20.9. The summed E-state index contributed by atoms with van der Waals surface area (Å²) in [5.41, 5.74) is 1.10. The van der Waals surface area contributed by atoms with Gasteiger partial charge in [-0.1, -0.05) is 18.2 Å². The summed E-state index contributed by atoms with van der Waals surface area (Å²) in [5.74, 6) is 0.844. The molecule has 1 fully saturated rings. The first-order valence-electron chi connectivity index (χ1n) is 10.1. The molecule has 0 aliphatic carbocycles. The number of nitrogens with zero attached hydrogens (tertiary/aromatic N) is 1. The zero-order chi connectivity index (χ0) is 20.5. The fourth-order valence-corrected chi connectivity index (χ4v) is 3.68. The molecule has 1 aromatic carbocycles. The molecule has 0 spiro atoms. The molecule has 1 atom stereocenters. The molecule has 1 unspecified atom stereocenters. The van der Waals surface area contributed by atoms with Crippen molar-refractivity contribution in [2.45, 2.75) is 31.7 Å². The van der Waals surface area contributed by atoms with E-state index >= 15 is 0 Å². The number of hydrogen-bond donors (Lipinski definition) is 2. The van der Waals surface area contributed by atoms with Crippen molar-refractivity contribution in [3.63, 3.8) is 0 Å². The number of rotatable bonds is 10. The maximum Gasteiger partial charge on any atom is 0.286 e. The Morgan fingerprint density at radius 3 is 2.66 bits per heavy atom. The molecule has 7 nitrogen and oxygen atoms in total. The molecule has 0 radical (unpaired) electrons. The lowest BCUT2D eigenvalue weighted by molar-refractivity contribution is -0.121. The second-order valence-corrected chi connectivity index (χ2v) is 7.14. The highest BCUT2D eigenvalue weighted by Gasteiger charge is 2.26. The van der Waals surface area contributed by atoms with E-state index < -0.39 is 0 Å². The SMILES string of the molecule is COc1ccccc1C(CNC(=O)CCCNC(=O)c1ccco1)N1CCCC1. The maximum atomic E-state index is 12.3. The van der Waals surface area contributed by atoms with Crippen molar-refractivity contribution in [1.29, 1.82) is 0 Å². The van der Waals surface area contributed by atoms with Crippen LogP contribution in [0.15, 0.2) is 47.1 Å². The van der Waals surface area contributed by atoms with Crippen molar-refractivity contribution in [3.8, 4) is 5.75 Å². The number of benzene rings is 1. The van der Waals surface area contributed by atoms with Gasteiger partial charge in [0.2, 0.25) is 5.91 Å². The van der Waals surface area contributed by atoms with E-state index in [0.717, 1.165) is 24.4 Å². The maximum absolute atomic E-state index is 12.3. The van der Waals surface area contributed by atoms with Gasteiger partial charge in [0, 0.05) is 25.1 Å². The van der Waals surface area contributed by atoms with Crippen molar-refractivity contribution in [1.82, 2.24) is 15.5 Å². The predicted molar refractivity (Wildman–Crippen MR) is 110 cm³/mol. The van der Waals surface area contributed by atoms with E-state index in [1.165, 1.54) is 19.1 Å². The van der Waals surface area contributed by atoms with Gasteiger partial charge in [0.25, 0.3) is 5.91 Å². The first-order valence-corrected chi connectivity index (χ1v) is 10.1. The van der Waals surface area contributed by atoms with Crippen LogP contribution in [0.2, 0.25) is 0 Å². The van der Waals surface area contributed by atoms with Crippen LogP contribution in [-0.2, 0) is 4.79 Å². The fraction of sp³-hybridized carbons (Fsp3) is 0.455. The Labute approximate surface area is 171 Å². The summed E-state index contributed by atoms with van der Waals surface area (Å²) in [6.07, 6.45) is 4.74. The minimum atomic E-state index is -0.263. The van der Waals surface area contributed by atoms with E-state index in [1.807, 2.05) is 18.2 Å². The zero-order valence-corrected chi connectivity index (χ0v) is 16.9. The van der Waals surface area contributed by atoms with Gasteiger partial charge in [0.15, 0.2) is 5.76 Å². The molecule has 1 saturated heterocycles. The molecule has 1 aliphatic heterocycles. The van der Waals surface area contributed by atoms with Gasteiger partial charge in [-0.15, -0.1) is 0 Å². The van der Waals surface area contributed by atoms with Gasteiger partial charge in [-0.3, -0.25) is 14.5 Å². The summed E-state index contributed by atoms with van der Waals surface area (Å²) in [6, 6.07) is 11.4. The number of amides is 2. The molecule has 1 aromatic heterocycles. The van der Waals surface area contributed by atoms with Gasteiger partial charge < -0.3 is 19.8 Å². The van der Waals surface area contributed by atoms with Gasteiger partial charge >= 0.3 is 0 Å². The summed E-state index contributed by atoms with van der Waals surface area (Å²) < 4.78 is 10.6. The van der Waals surface area contributed by atoms with Gasteiger partial charge in [0.1, 0.15) is 5.75 Å². The molecule has 7 heteroatoms. The quantitative estimate of drug-likeness (QED) is 0.600. The van der Waals surface area contributed by atoms with Crippen LogP contribution in [0, 0.1) is 0 Å². The molecular weight excluding hydrogens is 370 g/mol. The number of nitrogens with one attached hydrogen (secondary N) is 2. The second-order valence-electron chi connectivity index (χ2n) is 7.14. The Morgan fingerprint density at radius 2 is 1.93 bits per heavy atom. The van der Waals surface area contributed by atoms with Crippen LogP contribution in [0.1, 0.15) is 47.8 Å². The van der Waals surface area contributed by atoms with Crippen LogP contribution in [0.4, 0.5) is 0 Å². The van der Waals surface area contributed by atoms with E-state index in [4.69, 9.17) is 9.15 Å². The van der Waals surface area contributed by atoms with Crippen molar-refractivity contribution in [2.24, 2.45) is 0 Å². The lowest BCUT2D eigenvalue weighted by Gasteiger charge is -2.29. The number of likely N-dealkylation sites (tertiary alicyclic amines) is 1. The van der Waals surface area contributed by atoms with E-state index in [9.17, 15) is 9.59 Å². The number of carbonyl (C=O) groups is 2. The third-order valence-electron chi connectivity index (χ3n) is 5.18. The van der Waals surface area contributed by atoms with Crippen LogP contribution in [0.3, 0.4) is 0 Å². The van der Waals surface area contributed by atoms with Crippen LogP contribution in [0.5, 0.6) is 5.75 Å². The lowest BCUT2D eigenvalue weighted by atomic mass is 10.0. The Balaban J connectivity index is 1.47. The Bertz CT molecular complexity index is 785. The molecule has 156 valence electrons. The number of furan rings is 1. The molecule has 2 amide bonds. The van der Waals surface area contributed by atoms with Crippen molar-refractivity contribution in [2.75, 3.05) is 33.3 Å². The average Bonchev–Trinajstić information content (AvgIpc) is 3.46. The molecule has 2 heterocycles.